The van der Waals surface area contributed by atoms with Crippen molar-refractivity contribution in [3.63, 3.8) is 0 Å². The molecular formula is C38H73NO3. The fourth-order valence-electron chi connectivity index (χ4n) is 5.57. The number of rotatable bonds is 33. The summed E-state index contributed by atoms with van der Waals surface area (Å²) in [5.74, 6) is -0.0433. The molecule has 0 aromatic carbocycles. The maximum absolute atomic E-state index is 12.2. The van der Waals surface area contributed by atoms with Crippen LogP contribution >= 0.6 is 0 Å². The van der Waals surface area contributed by atoms with Crippen molar-refractivity contribution in [3.05, 3.63) is 24.3 Å². The molecule has 42 heavy (non-hydrogen) atoms. The first kappa shape index (κ1) is 40.9. The van der Waals surface area contributed by atoms with Gasteiger partial charge in [0.1, 0.15) is 0 Å². The molecule has 0 bridgehead atoms. The minimum Gasteiger partial charge on any atom is -0.394 e. The van der Waals surface area contributed by atoms with Gasteiger partial charge in [0.15, 0.2) is 0 Å². The zero-order valence-corrected chi connectivity index (χ0v) is 28.3. The van der Waals surface area contributed by atoms with Crippen molar-refractivity contribution in [2.75, 3.05) is 6.61 Å². The molecule has 0 heterocycles. The largest absolute Gasteiger partial charge is 0.394 e. The monoisotopic (exact) mass is 592 g/mol. The molecule has 0 aromatic rings. The van der Waals surface area contributed by atoms with Crippen molar-refractivity contribution in [2.45, 2.75) is 206 Å². The lowest BCUT2D eigenvalue weighted by molar-refractivity contribution is -0.123. The third kappa shape index (κ3) is 30.3. The second kappa shape index (κ2) is 34.4. The van der Waals surface area contributed by atoms with Gasteiger partial charge >= 0.3 is 0 Å². The van der Waals surface area contributed by atoms with Crippen LogP contribution in [-0.4, -0.2) is 34.9 Å². The fraction of sp³-hybridized carbons (Fsp3) is 0.868. The molecule has 0 aromatic heterocycles. The third-order valence-electron chi connectivity index (χ3n) is 8.47. The second-order valence-electron chi connectivity index (χ2n) is 12.6. The molecule has 3 N–H and O–H groups in total. The topological polar surface area (TPSA) is 69.6 Å². The molecule has 0 aliphatic heterocycles. The Hall–Kier alpha value is -1.13. The molecule has 0 spiro atoms. The first-order chi connectivity index (χ1) is 20.7. The summed E-state index contributed by atoms with van der Waals surface area (Å²) in [7, 11) is 0. The van der Waals surface area contributed by atoms with Gasteiger partial charge < -0.3 is 15.5 Å². The van der Waals surface area contributed by atoms with Gasteiger partial charge in [-0.1, -0.05) is 167 Å². The highest BCUT2D eigenvalue weighted by Gasteiger charge is 2.19. The van der Waals surface area contributed by atoms with E-state index in [4.69, 9.17) is 0 Å². The highest BCUT2D eigenvalue weighted by molar-refractivity contribution is 5.76. The summed E-state index contributed by atoms with van der Waals surface area (Å²) in [6.45, 7) is 4.20. The van der Waals surface area contributed by atoms with E-state index in [-0.39, 0.29) is 12.5 Å². The number of hydrogen-bond acceptors (Lipinski definition) is 3. The number of aliphatic hydroxyl groups excluding tert-OH is 2. The summed E-state index contributed by atoms with van der Waals surface area (Å²) in [5.41, 5.74) is 0. The molecule has 2 unspecified atom stereocenters. The van der Waals surface area contributed by atoms with Gasteiger partial charge in [-0.05, 0) is 44.9 Å². The van der Waals surface area contributed by atoms with Crippen molar-refractivity contribution in [2.24, 2.45) is 0 Å². The molecule has 0 rings (SSSR count). The first-order valence-electron chi connectivity index (χ1n) is 18.5. The normalized spacial score (nSPS) is 13.3. The lowest BCUT2D eigenvalue weighted by Gasteiger charge is -2.22. The highest BCUT2D eigenvalue weighted by atomic mass is 16.3. The fourth-order valence-corrected chi connectivity index (χ4v) is 5.57. The van der Waals surface area contributed by atoms with E-state index in [0.717, 1.165) is 38.5 Å². The van der Waals surface area contributed by atoms with Crippen molar-refractivity contribution in [1.82, 2.24) is 5.32 Å². The number of aliphatic hydroxyl groups is 2. The van der Waals surface area contributed by atoms with Gasteiger partial charge in [-0.15, -0.1) is 0 Å². The SMILES string of the molecule is CCCCCCC/C=C\C/C=C\CCCCCCCCCCCCCCCCCC(=O)NC(CO)C(O)CCCCC. The van der Waals surface area contributed by atoms with E-state index in [0.29, 0.717) is 12.8 Å². The summed E-state index contributed by atoms with van der Waals surface area (Å²) < 4.78 is 0. The van der Waals surface area contributed by atoms with Crippen molar-refractivity contribution >= 4 is 5.91 Å². The summed E-state index contributed by atoms with van der Waals surface area (Å²) in [4.78, 5) is 12.2. The number of carbonyl (C=O) groups excluding carboxylic acids is 1. The zero-order valence-electron chi connectivity index (χ0n) is 28.3. The van der Waals surface area contributed by atoms with Gasteiger partial charge in [0.25, 0.3) is 0 Å². The van der Waals surface area contributed by atoms with E-state index in [9.17, 15) is 15.0 Å². The number of nitrogens with one attached hydrogen (secondary N) is 1. The molecule has 0 saturated heterocycles. The van der Waals surface area contributed by atoms with E-state index in [2.05, 4.69) is 43.5 Å². The Balaban J connectivity index is 3.35. The van der Waals surface area contributed by atoms with Crippen LogP contribution in [0.5, 0.6) is 0 Å². The average molecular weight is 592 g/mol. The quantitative estimate of drug-likeness (QED) is 0.0525. The van der Waals surface area contributed by atoms with Gasteiger partial charge in [0.2, 0.25) is 5.91 Å². The van der Waals surface area contributed by atoms with Crippen molar-refractivity contribution in [3.8, 4) is 0 Å². The van der Waals surface area contributed by atoms with Gasteiger partial charge in [-0.25, -0.2) is 0 Å². The second-order valence-corrected chi connectivity index (χ2v) is 12.6. The number of allylic oxidation sites excluding steroid dienone is 4. The van der Waals surface area contributed by atoms with Crippen LogP contribution in [-0.2, 0) is 4.79 Å². The van der Waals surface area contributed by atoms with Gasteiger partial charge in [0, 0.05) is 6.42 Å². The minimum absolute atomic E-state index is 0.0433. The van der Waals surface area contributed by atoms with Gasteiger partial charge in [-0.3, -0.25) is 4.79 Å². The molecule has 1 amide bonds. The predicted molar refractivity (Wildman–Crippen MR) is 184 cm³/mol. The molecule has 0 aliphatic carbocycles. The summed E-state index contributed by atoms with van der Waals surface area (Å²) in [5, 5.41) is 22.5. The van der Waals surface area contributed by atoms with Crippen LogP contribution in [0.2, 0.25) is 0 Å². The highest BCUT2D eigenvalue weighted by Crippen LogP contribution is 2.15. The average Bonchev–Trinajstić information content (AvgIpc) is 2.99. The van der Waals surface area contributed by atoms with E-state index < -0.39 is 12.1 Å². The molecule has 0 fully saturated rings. The molecule has 248 valence electrons. The molecule has 4 heteroatoms. The lowest BCUT2D eigenvalue weighted by atomic mass is 10.0. The van der Waals surface area contributed by atoms with Crippen molar-refractivity contribution < 1.29 is 15.0 Å². The Kier molecular flexibility index (Phi) is 33.4. The maximum Gasteiger partial charge on any atom is 0.220 e. The Labute approximate surface area is 262 Å². The standard InChI is InChI=1S/C38H73NO3/c1-3-5-7-8-9-10-11-12-13-14-15-16-17-18-19-20-21-22-23-24-25-26-27-28-29-30-32-34-38(42)39-36(35-40)37(41)33-31-6-4-2/h11-12,14-15,36-37,40-41H,3-10,13,16-35H2,1-2H3,(H,39,42)/b12-11-,15-14-. The van der Waals surface area contributed by atoms with Crippen LogP contribution < -0.4 is 5.32 Å². The predicted octanol–water partition coefficient (Wildman–Crippen LogP) is 10.9. The van der Waals surface area contributed by atoms with E-state index in [1.807, 2.05) is 0 Å². The number of hydrogen-bond donors (Lipinski definition) is 3. The van der Waals surface area contributed by atoms with Crippen LogP contribution in [0.1, 0.15) is 194 Å². The molecular weight excluding hydrogens is 518 g/mol. The zero-order chi connectivity index (χ0) is 30.8. The van der Waals surface area contributed by atoms with E-state index in [1.54, 1.807) is 0 Å². The molecule has 4 nitrogen and oxygen atoms in total. The lowest BCUT2D eigenvalue weighted by Crippen LogP contribution is -2.45. The maximum atomic E-state index is 12.2. The molecule has 2 atom stereocenters. The van der Waals surface area contributed by atoms with Gasteiger partial charge in [-0.2, -0.15) is 0 Å². The van der Waals surface area contributed by atoms with E-state index >= 15 is 0 Å². The Morgan fingerprint density at radius 3 is 1.43 bits per heavy atom. The number of unbranched alkanes of at least 4 members (excludes halogenated alkanes) is 22. The van der Waals surface area contributed by atoms with Crippen LogP contribution in [0, 0.1) is 0 Å². The van der Waals surface area contributed by atoms with Crippen LogP contribution in [0.4, 0.5) is 0 Å². The summed E-state index contributed by atoms with van der Waals surface area (Å²) >= 11 is 0. The number of amides is 1. The minimum atomic E-state index is -0.652. The third-order valence-corrected chi connectivity index (χ3v) is 8.47. The smallest absolute Gasteiger partial charge is 0.220 e. The van der Waals surface area contributed by atoms with Crippen LogP contribution in [0.25, 0.3) is 0 Å². The molecule has 0 saturated carbocycles. The Morgan fingerprint density at radius 2 is 0.976 bits per heavy atom. The Morgan fingerprint density at radius 1 is 0.571 bits per heavy atom. The summed E-state index contributed by atoms with van der Waals surface area (Å²) in [6.07, 6.45) is 43.1. The van der Waals surface area contributed by atoms with Crippen LogP contribution in [0.15, 0.2) is 24.3 Å². The number of carbonyl (C=O) groups is 1. The first-order valence-corrected chi connectivity index (χ1v) is 18.5. The van der Waals surface area contributed by atoms with E-state index in [1.165, 1.54) is 128 Å². The van der Waals surface area contributed by atoms with Gasteiger partial charge in [0.05, 0.1) is 18.8 Å². The van der Waals surface area contributed by atoms with Crippen LogP contribution in [0.3, 0.4) is 0 Å². The Bertz CT molecular complexity index is 603. The van der Waals surface area contributed by atoms with Crippen molar-refractivity contribution in [1.29, 1.82) is 0 Å². The molecule has 0 radical (unpaired) electrons. The summed E-state index contributed by atoms with van der Waals surface area (Å²) in [6, 6.07) is -0.529. The molecule has 0 aliphatic rings.